The second-order valence-corrected chi connectivity index (χ2v) is 8.25. The average molecular weight is 421 g/mol. The largest absolute Gasteiger partial charge is 0.447 e. The molecule has 0 aliphatic carbocycles. The molecule has 1 amide bonds. The van der Waals surface area contributed by atoms with Crippen LogP contribution in [-0.2, 0) is 4.79 Å². The van der Waals surface area contributed by atoms with Crippen molar-refractivity contribution in [3.05, 3.63) is 59.7 Å². The molecule has 0 saturated heterocycles. The van der Waals surface area contributed by atoms with Gasteiger partial charge in [0.05, 0.1) is 5.69 Å². The Labute approximate surface area is 180 Å². The van der Waals surface area contributed by atoms with Gasteiger partial charge in [0.15, 0.2) is 5.69 Å². The number of unbranched alkanes of at least 4 members (excludes halogenated alkanes) is 1. The summed E-state index contributed by atoms with van der Waals surface area (Å²) in [7, 11) is 0. The Balaban J connectivity index is 1.87. The number of hydrogen-bond donors (Lipinski definition) is 0. The highest BCUT2D eigenvalue weighted by Gasteiger charge is 2.35. The molecule has 2 heterocycles. The number of aromatic nitrogens is 3. The van der Waals surface area contributed by atoms with E-state index in [1.807, 2.05) is 55.5 Å². The number of ether oxygens (including phenoxy) is 1. The van der Waals surface area contributed by atoms with Crippen molar-refractivity contribution in [3.8, 4) is 17.1 Å². The van der Waals surface area contributed by atoms with E-state index >= 15 is 0 Å². The highest BCUT2D eigenvalue weighted by Crippen LogP contribution is 2.43. The SMILES string of the molecule is CCCCSc1nnc2c(n1)OC(c1ccccc1C)N(C(C)=O)c1ccccc1-2. The third-order valence-corrected chi connectivity index (χ3v) is 5.96. The first-order valence-electron chi connectivity index (χ1n) is 10.1. The minimum absolute atomic E-state index is 0.117. The second kappa shape index (κ2) is 8.83. The number of nitrogens with zero attached hydrogens (tertiary/aromatic N) is 4. The molecule has 6 nitrogen and oxygen atoms in total. The molecule has 0 fully saturated rings. The maximum Gasteiger partial charge on any atom is 0.247 e. The van der Waals surface area contributed by atoms with E-state index in [-0.39, 0.29) is 5.91 Å². The minimum Gasteiger partial charge on any atom is -0.447 e. The van der Waals surface area contributed by atoms with E-state index in [1.165, 1.54) is 0 Å². The van der Waals surface area contributed by atoms with Crippen LogP contribution in [0.4, 0.5) is 5.69 Å². The van der Waals surface area contributed by atoms with Crippen LogP contribution in [0.1, 0.15) is 44.0 Å². The fourth-order valence-electron chi connectivity index (χ4n) is 3.49. The van der Waals surface area contributed by atoms with Gasteiger partial charge in [0.25, 0.3) is 0 Å². The van der Waals surface area contributed by atoms with Crippen LogP contribution >= 0.6 is 11.8 Å². The zero-order valence-corrected chi connectivity index (χ0v) is 18.1. The topological polar surface area (TPSA) is 68.2 Å². The van der Waals surface area contributed by atoms with E-state index < -0.39 is 6.23 Å². The number of rotatable bonds is 5. The first-order chi connectivity index (χ1) is 14.6. The number of benzene rings is 2. The molecule has 1 unspecified atom stereocenters. The highest BCUT2D eigenvalue weighted by molar-refractivity contribution is 7.99. The summed E-state index contributed by atoms with van der Waals surface area (Å²) < 4.78 is 6.41. The lowest BCUT2D eigenvalue weighted by atomic mass is 10.0. The molecular formula is C23H24N4O2S. The van der Waals surface area contributed by atoms with Gasteiger partial charge in [0.2, 0.25) is 23.2 Å². The van der Waals surface area contributed by atoms with Crippen LogP contribution in [0.3, 0.4) is 0 Å². The number of hydrogen-bond acceptors (Lipinski definition) is 6. The van der Waals surface area contributed by atoms with Crippen LogP contribution in [0.2, 0.25) is 0 Å². The molecule has 1 aliphatic heterocycles. The highest BCUT2D eigenvalue weighted by atomic mass is 32.2. The fraction of sp³-hybridized carbons (Fsp3) is 0.304. The Morgan fingerprint density at radius 2 is 1.90 bits per heavy atom. The van der Waals surface area contributed by atoms with E-state index in [4.69, 9.17) is 4.74 Å². The standard InChI is InChI=1S/C23H24N4O2S/c1-4-5-14-30-23-24-21-20(25-26-23)18-12-8-9-13-19(18)27(16(3)28)22(29-21)17-11-7-6-10-15(17)2/h6-13,22H,4-5,14H2,1-3H3. The van der Waals surface area contributed by atoms with Crippen molar-refractivity contribution in [1.82, 2.24) is 15.2 Å². The van der Waals surface area contributed by atoms with Crippen molar-refractivity contribution in [2.45, 2.75) is 45.0 Å². The van der Waals surface area contributed by atoms with Crippen LogP contribution in [0.25, 0.3) is 11.3 Å². The number of carbonyl (C=O) groups is 1. The van der Waals surface area contributed by atoms with Crippen molar-refractivity contribution in [2.24, 2.45) is 0 Å². The number of para-hydroxylation sites is 1. The quantitative estimate of drug-likeness (QED) is 0.418. The molecule has 0 saturated carbocycles. The third-order valence-electron chi connectivity index (χ3n) is 5.03. The van der Waals surface area contributed by atoms with Crippen molar-refractivity contribution < 1.29 is 9.53 Å². The number of thioether (sulfide) groups is 1. The van der Waals surface area contributed by atoms with Crippen LogP contribution < -0.4 is 9.64 Å². The van der Waals surface area contributed by atoms with Crippen LogP contribution in [0.15, 0.2) is 53.7 Å². The van der Waals surface area contributed by atoms with E-state index in [9.17, 15) is 4.79 Å². The summed E-state index contributed by atoms with van der Waals surface area (Å²) in [6, 6.07) is 15.6. The average Bonchev–Trinajstić information content (AvgIpc) is 2.88. The summed E-state index contributed by atoms with van der Waals surface area (Å²) in [6.07, 6.45) is 1.55. The zero-order chi connectivity index (χ0) is 21.1. The van der Waals surface area contributed by atoms with Gasteiger partial charge >= 0.3 is 0 Å². The van der Waals surface area contributed by atoms with Gasteiger partial charge in [-0.3, -0.25) is 9.69 Å². The van der Waals surface area contributed by atoms with Crippen molar-refractivity contribution >= 4 is 23.4 Å². The predicted octanol–water partition coefficient (Wildman–Crippen LogP) is 5.18. The lowest BCUT2D eigenvalue weighted by molar-refractivity contribution is -0.118. The Kier molecular flexibility index (Phi) is 5.99. The molecule has 30 heavy (non-hydrogen) atoms. The summed E-state index contributed by atoms with van der Waals surface area (Å²) in [4.78, 5) is 19.1. The Morgan fingerprint density at radius 1 is 1.13 bits per heavy atom. The molecular weight excluding hydrogens is 396 g/mol. The summed E-state index contributed by atoms with van der Waals surface area (Å²) in [5, 5.41) is 9.34. The monoisotopic (exact) mass is 420 g/mol. The third kappa shape index (κ3) is 3.89. The molecule has 0 bridgehead atoms. The van der Waals surface area contributed by atoms with E-state index in [2.05, 4.69) is 22.1 Å². The molecule has 7 heteroatoms. The predicted molar refractivity (Wildman–Crippen MR) is 119 cm³/mol. The van der Waals surface area contributed by atoms with E-state index in [0.29, 0.717) is 16.7 Å². The molecule has 1 aliphatic rings. The van der Waals surface area contributed by atoms with E-state index in [1.54, 1.807) is 23.6 Å². The molecule has 0 N–H and O–H groups in total. The summed E-state index contributed by atoms with van der Waals surface area (Å²) in [5.74, 6) is 1.21. The van der Waals surface area contributed by atoms with E-state index in [0.717, 1.165) is 41.0 Å². The molecule has 4 rings (SSSR count). The summed E-state index contributed by atoms with van der Waals surface area (Å²) in [6.45, 7) is 5.71. The molecule has 1 aromatic heterocycles. The number of carbonyl (C=O) groups excluding carboxylic acids is 1. The molecule has 154 valence electrons. The number of aryl methyl sites for hydroxylation is 1. The van der Waals surface area contributed by atoms with Gasteiger partial charge in [-0.1, -0.05) is 67.6 Å². The van der Waals surface area contributed by atoms with Crippen molar-refractivity contribution in [3.63, 3.8) is 0 Å². The van der Waals surface area contributed by atoms with Crippen molar-refractivity contribution in [1.29, 1.82) is 0 Å². The molecule has 0 spiro atoms. The fourth-order valence-corrected chi connectivity index (χ4v) is 4.35. The lowest BCUT2D eigenvalue weighted by Crippen LogP contribution is -2.36. The lowest BCUT2D eigenvalue weighted by Gasteiger charge is -2.30. The Hall–Kier alpha value is -2.93. The van der Waals surface area contributed by atoms with Gasteiger partial charge in [-0.05, 0) is 25.0 Å². The minimum atomic E-state index is -0.642. The number of amides is 1. The van der Waals surface area contributed by atoms with Crippen LogP contribution in [0.5, 0.6) is 5.88 Å². The molecule has 3 aromatic rings. The van der Waals surface area contributed by atoms with Gasteiger partial charge in [0, 0.05) is 23.8 Å². The van der Waals surface area contributed by atoms with Crippen LogP contribution in [-0.4, -0.2) is 26.8 Å². The summed E-state index contributed by atoms with van der Waals surface area (Å²) >= 11 is 1.57. The van der Waals surface area contributed by atoms with Gasteiger partial charge in [-0.2, -0.15) is 4.98 Å². The van der Waals surface area contributed by atoms with Gasteiger partial charge < -0.3 is 4.74 Å². The second-order valence-electron chi connectivity index (χ2n) is 7.18. The zero-order valence-electron chi connectivity index (χ0n) is 17.3. The van der Waals surface area contributed by atoms with Gasteiger partial charge in [-0.15, -0.1) is 10.2 Å². The van der Waals surface area contributed by atoms with Crippen molar-refractivity contribution in [2.75, 3.05) is 10.7 Å². The smallest absolute Gasteiger partial charge is 0.247 e. The summed E-state index contributed by atoms with van der Waals surface area (Å²) in [5.41, 5.74) is 4.01. The first kappa shape index (κ1) is 20.3. The van der Waals surface area contributed by atoms with Gasteiger partial charge in [0.1, 0.15) is 0 Å². The van der Waals surface area contributed by atoms with Crippen LogP contribution in [0, 0.1) is 6.92 Å². The maximum absolute atomic E-state index is 12.8. The normalized spacial score (nSPS) is 15.0. The Bertz CT molecular complexity index is 1070. The maximum atomic E-state index is 12.8. The van der Waals surface area contributed by atoms with Gasteiger partial charge in [-0.25, -0.2) is 0 Å². The molecule has 2 aromatic carbocycles. The number of fused-ring (bicyclic) bond motifs is 3. The number of anilines is 1. The Morgan fingerprint density at radius 3 is 2.67 bits per heavy atom. The first-order valence-corrected chi connectivity index (χ1v) is 11.1. The molecule has 0 radical (unpaired) electrons. The molecule has 1 atom stereocenters.